The lowest BCUT2D eigenvalue weighted by Crippen LogP contribution is -2.46. The van der Waals surface area contributed by atoms with Crippen LogP contribution in [0.4, 0.5) is 15.8 Å². The molecule has 7 heteroatoms. The molecule has 6 nitrogen and oxygen atoms in total. The fraction of sp³-hybridized carbons (Fsp3) is 0.400. The van der Waals surface area contributed by atoms with Crippen molar-refractivity contribution < 1.29 is 9.18 Å². The molecule has 5 rings (SSSR count). The first-order valence-corrected chi connectivity index (χ1v) is 11.2. The van der Waals surface area contributed by atoms with E-state index in [2.05, 4.69) is 29.3 Å². The maximum absolute atomic E-state index is 14.4. The minimum absolute atomic E-state index is 0.0607. The fourth-order valence-electron chi connectivity index (χ4n) is 5.10. The van der Waals surface area contributed by atoms with E-state index >= 15 is 0 Å². The molecule has 1 amide bonds. The van der Waals surface area contributed by atoms with E-state index in [-0.39, 0.29) is 17.6 Å². The van der Waals surface area contributed by atoms with Crippen molar-refractivity contribution in [3.63, 3.8) is 0 Å². The molecule has 1 atom stereocenters. The van der Waals surface area contributed by atoms with Crippen LogP contribution >= 0.6 is 0 Å². The Hall–Kier alpha value is -3.24. The minimum Gasteiger partial charge on any atom is -0.367 e. The van der Waals surface area contributed by atoms with E-state index in [0.717, 1.165) is 80.2 Å². The highest BCUT2D eigenvalue weighted by Gasteiger charge is 2.34. The minimum atomic E-state index is -0.345. The average molecular weight is 432 g/mol. The second kappa shape index (κ2) is 8.36. The maximum atomic E-state index is 14.4. The standard InChI is InChI=1S/C25H26FN5O/c1-16-11-18(13-21-23(16)24-19(25(32)29-21)3-2-6-28-24)15-30-7-9-31(10-8-30)22-5-4-17(14-27)12-20(22)26/h4-5,11-13,19H,2-3,6-10,15H2,1H3,(H,29,32). The molecule has 3 aliphatic rings. The predicted octanol–water partition coefficient (Wildman–Crippen LogP) is 3.48. The summed E-state index contributed by atoms with van der Waals surface area (Å²) < 4.78 is 14.4. The van der Waals surface area contributed by atoms with E-state index in [1.165, 1.54) is 6.07 Å². The van der Waals surface area contributed by atoms with Crippen molar-refractivity contribution in [3.05, 3.63) is 58.4 Å². The number of aliphatic imine (C=N–C) groups is 1. The number of halogens is 1. The van der Waals surface area contributed by atoms with Crippen LogP contribution in [-0.2, 0) is 11.3 Å². The number of nitrogens with zero attached hydrogens (tertiary/aromatic N) is 4. The SMILES string of the molecule is Cc1cc(CN2CCN(c3ccc(C#N)cc3F)CC2)cc2c1C1=NCCCC1C(=O)N2. The van der Waals surface area contributed by atoms with Gasteiger partial charge in [-0.05, 0) is 55.2 Å². The predicted molar refractivity (Wildman–Crippen MR) is 123 cm³/mol. The van der Waals surface area contributed by atoms with Crippen molar-refractivity contribution in [2.75, 3.05) is 42.9 Å². The number of aryl methyl sites for hydroxylation is 1. The maximum Gasteiger partial charge on any atom is 0.233 e. The molecular formula is C25H26FN5O. The van der Waals surface area contributed by atoms with Gasteiger partial charge < -0.3 is 10.2 Å². The highest BCUT2D eigenvalue weighted by atomic mass is 19.1. The van der Waals surface area contributed by atoms with Gasteiger partial charge in [0.15, 0.2) is 0 Å². The lowest BCUT2D eigenvalue weighted by molar-refractivity contribution is -0.118. The number of hydrogen-bond acceptors (Lipinski definition) is 5. The molecule has 1 saturated heterocycles. The van der Waals surface area contributed by atoms with E-state index in [1.807, 2.05) is 11.0 Å². The number of benzene rings is 2. The molecule has 0 radical (unpaired) electrons. The van der Waals surface area contributed by atoms with Crippen molar-refractivity contribution in [2.45, 2.75) is 26.3 Å². The first-order valence-electron chi connectivity index (χ1n) is 11.2. The van der Waals surface area contributed by atoms with Crippen LogP contribution in [0.25, 0.3) is 0 Å². The summed E-state index contributed by atoms with van der Waals surface area (Å²) in [5.74, 6) is -0.399. The van der Waals surface area contributed by atoms with Gasteiger partial charge >= 0.3 is 0 Å². The summed E-state index contributed by atoms with van der Waals surface area (Å²) in [6.07, 6.45) is 1.84. The van der Waals surface area contributed by atoms with Gasteiger partial charge in [0.2, 0.25) is 5.91 Å². The van der Waals surface area contributed by atoms with Gasteiger partial charge in [-0.25, -0.2) is 4.39 Å². The van der Waals surface area contributed by atoms with Crippen molar-refractivity contribution in [3.8, 4) is 6.07 Å². The first-order chi connectivity index (χ1) is 15.5. The zero-order valence-electron chi connectivity index (χ0n) is 18.2. The molecule has 3 aliphatic heterocycles. The number of piperazine rings is 1. The highest BCUT2D eigenvalue weighted by Crippen LogP contribution is 2.34. The van der Waals surface area contributed by atoms with E-state index in [1.54, 1.807) is 12.1 Å². The summed E-state index contributed by atoms with van der Waals surface area (Å²) in [6.45, 7) is 6.75. The normalized spacial score (nSPS) is 20.7. The van der Waals surface area contributed by atoms with Gasteiger partial charge in [-0.2, -0.15) is 5.26 Å². The third kappa shape index (κ3) is 3.76. The molecule has 0 aliphatic carbocycles. The number of carbonyl (C=O) groups is 1. The summed E-state index contributed by atoms with van der Waals surface area (Å²) in [7, 11) is 0. The van der Waals surface area contributed by atoms with Gasteiger partial charge in [-0.1, -0.05) is 6.07 Å². The Labute approximate surface area is 187 Å². The Morgan fingerprint density at radius 1 is 1.22 bits per heavy atom. The Balaban J connectivity index is 1.29. The van der Waals surface area contributed by atoms with E-state index in [0.29, 0.717) is 11.3 Å². The van der Waals surface area contributed by atoms with Crippen LogP contribution < -0.4 is 10.2 Å². The summed E-state index contributed by atoms with van der Waals surface area (Å²) in [5, 5.41) is 12.0. The molecule has 0 saturated carbocycles. The molecule has 2 aromatic carbocycles. The number of anilines is 2. The molecule has 1 fully saturated rings. The Morgan fingerprint density at radius 3 is 2.78 bits per heavy atom. The summed E-state index contributed by atoms with van der Waals surface area (Å²) >= 11 is 0. The third-order valence-corrected chi connectivity index (χ3v) is 6.68. The van der Waals surface area contributed by atoms with Crippen LogP contribution in [0, 0.1) is 30.0 Å². The first kappa shape index (κ1) is 20.7. The number of nitrogens with one attached hydrogen (secondary N) is 1. The zero-order chi connectivity index (χ0) is 22.2. The fourth-order valence-corrected chi connectivity index (χ4v) is 5.10. The number of rotatable bonds is 3. The number of hydrogen-bond donors (Lipinski definition) is 1. The molecule has 0 bridgehead atoms. The number of nitriles is 1. The van der Waals surface area contributed by atoms with E-state index in [9.17, 15) is 9.18 Å². The van der Waals surface area contributed by atoms with Gasteiger partial charge in [0.05, 0.1) is 34.6 Å². The Bertz CT molecular complexity index is 1140. The quantitative estimate of drug-likeness (QED) is 0.808. The second-order valence-corrected chi connectivity index (χ2v) is 8.83. The summed E-state index contributed by atoms with van der Waals surface area (Å²) in [5.41, 5.74) is 6.14. The molecule has 2 aromatic rings. The van der Waals surface area contributed by atoms with Gasteiger partial charge in [0.25, 0.3) is 0 Å². The van der Waals surface area contributed by atoms with Gasteiger partial charge in [0, 0.05) is 44.8 Å². The van der Waals surface area contributed by atoms with Gasteiger partial charge in [-0.15, -0.1) is 0 Å². The Morgan fingerprint density at radius 2 is 2.03 bits per heavy atom. The monoisotopic (exact) mass is 431 g/mol. The van der Waals surface area contributed by atoms with Crippen LogP contribution in [0.5, 0.6) is 0 Å². The van der Waals surface area contributed by atoms with Crippen molar-refractivity contribution in [1.82, 2.24) is 4.90 Å². The molecule has 32 heavy (non-hydrogen) atoms. The highest BCUT2D eigenvalue weighted by molar-refractivity contribution is 6.23. The topological polar surface area (TPSA) is 71.7 Å². The summed E-state index contributed by atoms with van der Waals surface area (Å²) in [6, 6.07) is 10.9. The number of amides is 1. The molecule has 1 N–H and O–H groups in total. The molecule has 3 heterocycles. The van der Waals surface area contributed by atoms with Crippen LogP contribution in [0.2, 0.25) is 0 Å². The second-order valence-electron chi connectivity index (χ2n) is 8.83. The number of fused-ring (bicyclic) bond motifs is 3. The number of carbonyl (C=O) groups excluding carboxylic acids is 1. The van der Waals surface area contributed by atoms with Crippen LogP contribution in [0.3, 0.4) is 0 Å². The van der Waals surface area contributed by atoms with Crippen molar-refractivity contribution in [2.24, 2.45) is 10.9 Å². The van der Waals surface area contributed by atoms with E-state index in [4.69, 9.17) is 10.3 Å². The lowest BCUT2D eigenvalue weighted by Gasteiger charge is -2.36. The van der Waals surface area contributed by atoms with Gasteiger partial charge in [0.1, 0.15) is 5.82 Å². The third-order valence-electron chi connectivity index (χ3n) is 6.68. The summed E-state index contributed by atoms with van der Waals surface area (Å²) in [4.78, 5) is 21.7. The smallest absolute Gasteiger partial charge is 0.233 e. The van der Waals surface area contributed by atoms with Crippen LogP contribution in [0.1, 0.15) is 35.1 Å². The Kier molecular flexibility index (Phi) is 5.40. The van der Waals surface area contributed by atoms with Crippen molar-refractivity contribution in [1.29, 1.82) is 5.26 Å². The molecule has 164 valence electrons. The van der Waals surface area contributed by atoms with Gasteiger partial charge in [-0.3, -0.25) is 14.7 Å². The molecule has 0 aromatic heterocycles. The van der Waals surface area contributed by atoms with E-state index < -0.39 is 0 Å². The molecule has 0 spiro atoms. The lowest BCUT2D eigenvalue weighted by atomic mass is 9.83. The molecule has 1 unspecified atom stereocenters. The largest absolute Gasteiger partial charge is 0.367 e. The van der Waals surface area contributed by atoms with Crippen LogP contribution in [0.15, 0.2) is 35.3 Å². The van der Waals surface area contributed by atoms with Crippen LogP contribution in [-0.4, -0.2) is 49.2 Å². The molecular weight excluding hydrogens is 405 g/mol. The van der Waals surface area contributed by atoms with Crippen molar-refractivity contribution >= 4 is 23.0 Å². The average Bonchev–Trinajstić information content (AvgIpc) is 2.79. The zero-order valence-corrected chi connectivity index (χ0v) is 18.2.